The third kappa shape index (κ3) is 2.91. The van der Waals surface area contributed by atoms with Crippen molar-refractivity contribution < 1.29 is 19.2 Å². The number of thioether (sulfide) groups is 1. The number of carbonyl (C=O) groups is 1. The molecule has 0 aliphatic heterocycles. The monoisotopic (exact) mass is 280 g/mol. The van der Waals surface area contributed by atoms with Crippen molar-refractivity contribution in [3.63, 3.8) is 0 Å². The van der Waals surface area contributed by atoms with Gasteiger partial charge in [0.05, 0.1) is 11.1 Å². The van der Waals surface area contributed by atoms with Crippen molar-refractivity contribution in [2.45, 2.75) is 11.0 Å². The Morgan fingerprint density at radius 2 is 2.32 bits per heavy atom. The quantitative estimate of drug-likeness (QED) is 0.509. The molecule has 1 heterocycles. The number of aromatic nitrogens is 1. The molecule has 0 atom stereocenters. The number of rotatable bonds is 5. The molecular formula is C11H8N2O5S. The Morgan fingerprint density at radius 1 is 1.53 bits per heavy atom. The molecule has 7 nitrogen and oxygen atoms in total. The van der Waals surface area contributed by atoms with Crippen molar-refractivity contribution in [3.8, 4) is 0 Å². The standard InChI is InChI=1S/C11H8N2O5S/c14-10(15)9-7(2-1-3-8(9)13(16)17)6-19-11-12-4-5-18-11/h1-5H,6H2,(H,14,15). The van der Waals surface area contributed by atoms with E-state index in [4.69, 9.17) is 9.52 Å². The van der Waals surface area contributed by atoms with E-state index >= 15 is 0 Å². The second-order valence-corrected chi connectivity index (χ2v) is 4.39. The van der Waals surface area contributed by atoms with Gasteiger partial charge in [-0.25, -0.2) is 9.78 Å². The van der Waals surface area contributed by atoms with Crippen LogP contribution in [-0.2, 0) is 5.75 Å². The van der Waals surface area contributed by atoms with Crippen molar-refractivity contribution in [2.24, 2.45) is 0 Å². The van der Waals surface area contributed by atoms with Gasteiger partial charge in [0.15, 0.2) is 0 Å². The Bertz CT molecular complexity index is 612. The number of nitrogens with zero attached hydrogens (tertiary/aromatic N) is 2. The summed E-state index contributed by atoms with van der Waals surface area (Å²) in [6, 6.07) is 4.16. The number of hydrogen-bond donors (Lipinski definition) is 1. The summed E-state index contributed by atoms with van der Waals surface area (Å²) in [7, 11) is 0. The van der Waals surface area contributed by atoms with E-state index in [0.717, 1.165) is 0 Å². The Morgan fingerprint density at radius 3 is 2.89 bits per heavy atom. The lowest BCUT2D eigenvalue weighted by Crippen LogP contribution is -2.06. The van der Waals surface area contributed by atoms with E-state index in [9.17, 15) is 14.9 Å². The lowest BCUT2D eigenvalue weighted by atomic mass is 10.1. The molecule has 0 amide bonds. The number of carboxylic acid groups (broad SMARTS) is 1. The first kappa shape index (κ1) is 13.1. The molecule has 0 spiro atoms. The van der Waals surface area contributed by atoms with Gasteiger partial charge in [-0.1, -0.05) is 23.9 Å². The molecule has 2 rings (SSSR count). The van der Waals surface area contributed by atoms with Crippen LogP contribution in [0.15, 0.2) is 40.3 Å². The molecule has 0 radical (unpaired) electrons. The van der Waals surface area contributed by atoms with Crippen LogP contribution in [-0.4, -0.2) is 21.0 Å². The van der Waals surface area contributed by atoms with E-state index in [1.54, 1.807) is 0 Å². The molecule has 19 heavy (non-hydrogen) atoms. The molecule has 0 unspecified atom stereocenters. The van der Waals surface area contributed by atoms with Crippen molar-refractivity contribution >= 4 is 23.4 Å². The van der Waals surface area contributed by atoms with E-state index in [1.165, 1.54) is 42.4 Å². The molecule has 2 aromatic rings. The van der Waals surface area contributed by atoms with Gasteiger partial charge in [0.2, 0.25) is 0 Å². The fraction of sp³-hybridized carbons (Fsp3) is 0.0909. The average Bonchev–Trinajstić information content (AvgIpc) is 2.88. The predicted molar refractivity (Wildman–Crippen MR) is 66.1 cm³/mol. The number of hydrogen-bond acceptors (Lipinski definition) is 6. The van der Waals surface area contributed by atoms with Crippen LogP contribution >= 0.6 is 11.8 Å². The lowest BCUT2D eigenvalue weighted by molar-refractivity contribution is -0.385. The Balaban J connectivity index is 2.31. The smallest absolute Gasteiger partial charge is 0.343 e. The first-order valence-electron chi connectivity index (χ1n) is 5.11. The van der Waals surface area contributed by atoms with Crippen molar-refractivity contribution in [1.29, 1.82) is 0 Å². The highest BCUT2D eigenvalue weighted by Crippen LogP contribution is 2.28. The van der Waals surface area contributed by atoms with Crippen molar-refractivity contribution in [3.05, 3.63) is 51.9 Å². The minimum atomic E-state index is -1.32. The molecule has 0 aliphatic carbocycles. The summed E-state index contributed by atoms with van der Waals surface area (Å²) in [4.78, 5) is 25.1. The van der Waals surface area contributed by atoms with Crippen molar-refractivity contribution in [2.75, 3.05) is 0 Å². The van der Waals surface area contributed by atoms with E-state index in [0.29, 0.717) is 10.8 Å². The van der Waals surface area contributed by atoms with Gasteiger partial charge >= 0.3 is 5.97 Å². The normalized spacial score (nSPS) is 10.3. The zero-order chi connectivity index (χ0) is 13.8. The molecule has 1 aromatic carbocycles. The molecule has 1 aromatic heterocycles. The average molecular weight is 280 g/mol. The third-order valence-corrected chi connectivity index (χ3v) is 3.20. The summed E-state index contributed by atoms with van der Waals surface area (Å²) in [5, 5.41) is 20.3. The van der Waals surface area contributed by atoms with Gasteiger partial charge in [0.1, 0.15) is 11.8 Å². The van der Waals surface area contributed by atoms with Gasteiger partial charge in [-0.3, -0.25) is 10.1 Å². The Kier molecular flexibility index (Phi) is 3.81. The van der Waals surface area contributed by atoms with Gasteiger partial charge in [-0.15, -0.1) is 0 Å². The number of carboxylic acids is 1. The van der Waals surface area contributed by atoms with Crippen LogP contribution < -0.4 is 0 Å². The van der Waals surface area contributed by atoms with E-state index in [1.807, 2.05) is 0 Å². The number of nitro benzene ring substituents is 1. The van der Waals surface area contributed by atoms with Crippen LogP contribution in [0.3, 0.4) is 0 Å². The number of nitro groups is 1. The molecule has 0 fully saturated rings. The summed E-state index contributed by atoms with van der Waals surface area (Å²) < 4.78 is 5.00. The van der Waals surface area contributed by atoms with E-state index in [2.05, 4.69) is 4.98 Å². The molecule has 0 bridgehead atoms. The summed E-state index contributed by atoms with van der Waals surface area (Å²) in [5.74, 6) is -1.10. The summed E-state index contributed by atoms with van der Waals surface area (Å²) in [6.07, 6.45) is 2.86. The van der Waals surface area contributed by atoms with Crippen LogP contribution in [0.2, 0.25) is 0 Å². The zero-order valence-corrected chi connectivity index (χ0v) is 10.3. The maximum Gasteiger partial charge on any atom is 0.343 e. The minimum absolute atomic E-state index is 0.226. The molecule has 98 valence electrons. The number of benzene rings is 1. The summed E-state index contributed by atoms with van der Waals surface area (Å²) in [5.41, 5.74) is -0.366. The van der Waals surface area contributed by atoms with E-state index in [-0.39, 0.29) is 11.3 Å². The largest absolute Gasteiger partial charge is 0.477 e. The Hall–Kier alpha value is -2.35. The molecule has 0 saturated heterocycles. The highest BCUT2D eigenvalue weighted by molar-refractivity contribution is 7.98. The van der Waals surface area contributed by atoms with Crippen LogP contribution in [0, 0.1) is 10.1 Å². The first-order valence-corrected chi connectivity index (χ1v) is 6.10. The SMILES string of the molecule is O=C(O)c1c(CSc2ncco2)cccc1[N+](=O)[O-]. The van der Waals surface area contributed by atoms with Crippen molar-refractivity contribution in [1.82, 2.24) is 4.98 Å². The lowest BCUT2D eigenvalue weighted by Gasteiger charge is -2.04. The molecule has 0 aliphatic rings. The number of oxazole rings is 1. The maximum atomic E-state index is 11.2. The zero-order valence-electron chi connectivity index (χ0n) is 9.48. The maximum absolute atomic E-state index is 11.2. The van der Waals surface area contributed by atoms with Crippen LogP contribution in [0.1, 0.15) is 15.9 Å². The third-order valence-electron chi connectivity index (χ3n) is 2.30. The second-order valence-electron chi connectivity index (χ2n) is 3.46. The van der Waals surface area contributed by atoms with Crippen LogP contribution in [0.25, 0.3) is 0 Å². The first-order chi connectivity index (χ1) is 9.09. The van der Waals surface area contributed by atoms with Gasteiger partial charge < -0.3 is 9.52 Å². The van der Waals surface area contributed by atoms with Gasteiger partial charge in [0.25, 0.3) is 10.9 Å². The number of aromatic carboxylic acids is 1. The molecule has 0 saturated carbocycles. The van der Waals surface area contributed by atoms with Gasteiger partial charge in [-0.05, 0) is 5.56 Å². The Labute approximate surface area is 111 Å². The molecular weight excluding hydrogens is 272 g/mol. The highest BCUT2D eigenvalue weighted by atomic mass is 32.2. The second kappa shape index (κ2) is 5.53. The summed E-state index contributed by atoms with van der Waals surface area (Å²) >= 11 is 1.17. The fourth-order valence-corrected chi connectivity index (χ4v) is 2.31. The minimum Gasteiger partial charge on any atom is -0.477 e. The highest BCUT2D eigenvalue weighted by Gasteiger charge is 2.23. The topological polar surface area (TPSA) is 106 Å². The van der Waals surface area contributed by atoms with Crippen LogP contribution in [0.4, 0.5) is 5.69 Å². The molecule has 8 heteroatoms. The fourth-order valence-electron chi connectivity index (χ4n) is 1.53. The predicted octanol–water partition coefficient (Wildman–Crippen LogP) is 2.57. The van der Waals surface area contributed by atoms with Gasteiger partial charge in [-0.2, -0.15) is 0 Å². The molecule has 1 N–H and O–H groups in total. The van der Waals surface area contributed by atoms with E-state index < -0.39 is 16.6 Å². The summed E-state index contributed by atoms with van der Waals surface area (Å²) in [6.45, 7) is 0. The van der Waals surface area contributed by atoms with Gasteiger partial charge in [0, 0.05) is 11.8 Å². The van der Waals surface area contributed by atoms with Crippen LogP contribution in [0.5, 0.6) is 0 Å².